The molecule has 158 valence electrons. The van der Waals surface area contributed by atoms with Crippen LogP contribution in [0.3, 0.4) is 0 Å². The van der Waals surface area contributed by atoms with Crippen LogP contribution in [0.25, 0.3) is 0 Å². The zero-order valence-electron chi connectivity index (χ0n) is 16.6. The quantitative estimate of drug-likeness (QED) is 0.479. The van der Waals surface area contributed by atoms with Crippen molar-refractivity contribution in [3.63, 3.8) is 0 Å². The SMILES string of the molecule is COc1ccc(OCc2nnc(S[C@@H](C)C(=O)Nc3cc(Cl)ccc3Cl)n2C)cc1. The van der Waals surface area contributed by atoms with Gasteiger partial charge >= 0.3 is 0 Å². The number of methoxy groups -OCH3 is 1. The highest BCUT2D eigenvalue weighted by atomic mass is 35.5. The summed E-state index contributed by atoms with van der Waals surface area (Å²) in [5.41, 5.74) is 0.466. The Balaban J connectivity index is 1.59. The number of benzene rings is 2. The first-order valence-corrected chi connectivity index (χ1v) is 10.6. The Labute approximate surface area is 188 Å². The van der Waals surface area contributed by atoms with Crippen molar-refractivity contribution in [1.82, 2.24) is 14.8 Å². The van der Waals surface area contributed by atoms with Gasteiger partial charge in [0.2, 0.25) is 5.91 Å². The average Bonchev–Trinajstić information content (AvgIpc) is 3.08. The van der Waals surface area contributed by atoms with Gasteiger partial charge in [-0.3, -0.25) is 4.79 Å². The molecule has 1 aromatic heterocycles. The van der Waals surface area contributed by atoms with Gasteiger partial charge < -0.3 is 19.4 Å². The standard InChI is InChI=1S/C20H20Cl2N4O3S/c1-12(19(27)23-17-10-13(21)4-9-16(17)22)30-20-25-24-18(26(20)2)11-29-15-7-5-14(28-3)6-8-15/h4-10,12H,11H2,1-3H3,(H,23,27)/t12-/m0/s1. The Morgan fingerprint density at radius 1 is 1.17 bits per heavy atom. The zero-order chi connectivity index (χ0) is 21.7. The second kappa shape index (κ2) is 10.1. The predicted molar refractivity (Wildman–Crippen MR) is 119 cm³/mol. The third-order valence-electron chi connectivity index (χ3n) is 4.19. The van der Waals surface area contributed by atoms with Gasteiger partial charge in [-0.2, -0.15) is 0 Å². The molecule has 1 amide bonds. The van der Waals surface area contributed by atoms with Gasteiger partial charge in [0.15, 0.2) is 11.0 Å². The molecule has 0 aliphatic heterocycles. The van der Waals surface area contributed by atoms with E-state index in [-0.39, 0.29) is 12.5 Å². The lowest BCUT2D eigenvalue weighted by atomic mass is 10.3. The third kappa shape index (κ3) is 5.59. The van der Waals surface area contributed by atoms with E-state index in [1.54, 1.807) is 36.8 Å². The Kier molecular flexibility index (Phi) is 7.47. The number of thioether (sulfide) groups is 1. The summed E-state index contributed by atoms with van der Waals surface area (Å²) in [5, 5.41) is 12.2. The molecule has 0 spiro atoms. The second-order valence-corrected chi connectivity index (χ2v) is 8.45. The van der Waals surface area contributed by atoms with Gasteiger partial charge in [-0.25, -0.2) is 0 Å². The summed E-state index contributed by atoms with van der Waals surface area (Å²) in [6, 6.07) is 12.2. The predicted octanol–water partition coefficient (Wildman–Crippen LogP) is 4.83. The van der Waals surface area contributed by atoms with Crippen LogP contribution in [0.5, 0.6) is 11.5 Å². The highest BCUT2D eigenvalue weighted by Gasteiger charge is 2.20. The molecular weight excluding hydrogens is 447 g/mol. The molecule has 10 heteroatoms. The van der Waals surface area contributed by atoms with Crippen LogP contribution < -0.4 is 14.8 Å². The molecule has 0 aliphatic carbocycles. The molecule has 0 radical (unpaired) electrons. The summed E-state index contributed by atoms with van der Waals surface area (Å²) >= 11 is 13.4. The number of ether oxygens (including phenoxy) is 2. The van der Waals surface area contributed by atoms with E-state index in [1.165, 1.54) is 11.8 Å². The number of nitrogens with one attached hydrogen (secondary N) is 1. The van der Waals surface area contributed by atoms with E-state index in [0.29, 0.717) is 32.5 Å². The summed E-state index contributed by atoms with van der Waals surface area (Å²) in [6.07, 6.45) is 0. The van der Waals surface area contributed by atoms with Gasteiger partial charge in [-0.05, 0) is 49.4 Å². The number of aromatic nitrogens is 3. The van der Waals surface area contributed by atoms with E-state index < -0.39 is 5.25 Å². The summed E-state index contributed by atoms with van der Waals surface area (Å²) in [6.45, 7) is 2.02. The van der Waals surface area contributed by atoms with E-state index in [1.807, 2.05) is 31.3 Å². The van der Waals surface area contributed by atoms with E-state index in [9.17, 15) is 4.79 Å². The van der Waals surface area contributed by atoms with Gasteiger partial charge in [-0.1, -0.05) is 35.0 Å². The van der Waals surface area contributed by atoms with Crippen LogP contribution in [0.1, 0.15) is 12.7 Å². The van der Waals surface area contributed by atoms with Gasteiger partial charge in [0.1, 0.15) is 18.1 Å². The second-order valence-electron chi connectivity index (χ2n) is 6.30. The van der Waals surface area contributed by atoms with E-state index in [0.717, 1.165) is 5.75 Å². The summed E-state index contributed by atoms with van der Waals surface area (Å²) in [4.78, 5) is 12.5. The first-order chi connectivity index (χ1) is 14.4. The van der Waals surface area contributed by atoms with Crippen molar-refractivity contribution in [3.8, 4) is 11.5 Å². The first-order valence-electron chi connectivity index (χ1n) is 8.95. The maximum Gasteiger partial charge on any atom is 0.237 e. The molecule has 0 saturated heterocycles. The molecule has 1 N–H and O–H groups in total. The average molecular weight is 467 g/mol. The fourth-order valence-electron chi connectivity index (χ4n) is 2.43. The molecule has 1 atom stereocenters. The number of nitrogens with zero attached hydrogens (tertiary/aromatic N) is 3. The lowest BCUT2D eigenvalue weighted by Gasteiger charge is -2.13. The molecule has 3 rings (SSSR count). The van der Waals surface area contributed by atoms with Gasteiger partial charge in [0.25, 0.3) is 0 Å². The van der Waals surface area contributed by atoms with Crippen LogP contribution in [-0.4, -0.2) is 33.0 Å². The van der Waals surface area contributed by atoms with Crippen molar-refractivity contribution < 1.29 is 14.3 Å². The number of hydrogen-bond acceptors (Lipinski definition) is 6. The maximum atomic E-state index is 12.5. The Hall–Kier alpha value is -2.42. The van der Waals surface area contributed by atoms with Crippen LogP contribution in [-0.2, 0) is 18.4 Å². The van der Waals surface area contributed by atoms with Crippen molar-refractivity contribution in [1.29, 1.82) is 0 Å². The molecule has 30 heavy (non-hydrogen) atoms. The molecular formula is C20H20Cl2N4O3S. The number of carbonyl (C=O) groups is 1. The lowest BCUT2D eigenvalue weighted by molar-refractivity contribution is -0.115. The van der Waals surface area contributed by atoms with Gasteiger partial charge in [0, 0.05) is 12.1 Å². The monoisotopic (exact) mass is 466 g/mol. The first kappa shape index (κ1) is 22.3. The molecule has 7 nitrogen and oxygen atoms in total. The van der Waals surface area contributed by atoms with Crippen LogP contribution >= 0.6 is 35.0 Å². The molecule has 0 saturated carbocycles. The smallest absolute Gasteiger partial charge is 0.237 e. The number of anilines is 1. The minimum absolute atomic E-state index is 0.219. The van der Waals surface area contributed by atoms with Gasteiger partial charge in [0.05, 0.1) is 23.1 Å². The molecule has 0 unspecified atom stereocenters. The normalized spacial score (nSPS) is 11.8. The minimum atomic E-state index is -0.432. The largest absolute Gasteiger partial charge is 0.497 e. The van der Waals surface area contributed by atoms with Crippen LogP contribution in [0, 0.1) is 0 Å². The fourth-order valence-corrected chi connectivity index (χ4v) is 3.60. The summed E-state index contributed by atoms with van der Waals surface area (Å²) in [5.74, 6) is 1.87. The highest BCUT2D eigenvalue weighted by molar-refractivity contribution is 8.00. The number of carbonyl (C=O) groups excluding carboxylic acids is 1. The van der Waals surface area contributed by atoms with Crippen molar-refractivity contribution in [2.45, 2.75) is 23.9 Å². The zero-order valence-corrected chi connectivity index (χ0v) is 18.9. The summed E-state index contributed by atoms with van der Waals surface area (Å²) < 4.78 is 12.7. The van der Waals surface area contributed by atoms with Crippen molar-refractivity contribution >= 4 is 46.6 Å². The van der Waals surface area contributed by atoms with E-state index >= 15 is 0 Å². The number of amides is 1. The van der Waals surface area contributed by atoms with Crippen molar-refractivity contribution in [2.24, 2.45) is 7.05 Å². The highest BCUT2D eigenvalue weighted by Crippen LogP contribution is 2.28. The molecule has 0 bridgehead atoms. The number of rotatable bonds is 8. The summed E-state index contributed by atoms with van der Waals surface area (Å²) in [7, 11) is 3.44. The Bertz CT molecular complexity index is 1030. The maximum absolute atomic E-state index is 12.5. The van der Waals surface area contributed by atoms with Crippen LogP contribution in [0.15, 0.2) is 47.6 Å². The van der Waals surface area contributed by atoms with Crippen molar-refractivity contribution in [3.05, 3.63) is 58.3 Å². The number of hydrogen-bond donors (Lipinski definition) is 1. The van der Waals surface area contributed by atoms with E-state index in [4.69, 9.17) is 32.7 Å². The molecule has 2 aromatic carbocycles. The minimum Gasteiger partial charge on any atom is -0.497 e. The number of halogens is 2. The lowest BCUT2D eigenvalue weighted by Crippen LogP contribution is -2.23. The Morgan fingerprint density at radius 3 is 2.57 bits per heavy atom. The van der Waals surface area contributed by atoms with Crippen LogP contribution in [0.2, 0.25) is 10.0 Å². The molecule has 1 heterocycles. The molecule has 0 fully saturated rings. The molecule has 0 aliphatic rings. The Morgan fingerprint density at radius 2 is 1.87 bits per heavy atom. The van der Waals surface area contributed by atoms with Crippen LogP contribution in [0.4, 0.5) is 5.69 Å². The topological polar surface area (TPSA) is 78.3 Å². The molecule has 3 aromatic rings. The van der Waals surface area contributed by atoms with E-state index in [2.05, 4.69) is 15.5 Å². The fraction of sp³-hybridized carbons (Fsp3) is 0.250. The third-order valence-corrected chi connectivity index (χ3v) is 5.89. The van der Waals surface area contributed by atoms with Gasteiger partial charge in [-0.15, -0.1) is 10.2 Å². The van der Waals surface area contributed by atoms with Crippen molar-refractivity contribution in [2.75, 3.05) is 12.4 Å².